The normalized spacial score (nSPS) is 22.5. The summed E-state index contributed by atoms with van der Waals surface area (Å²) < 4.78 is 12.9. The average Bonchev–Trinajstić information content (AvgIpc) is 2.65. The lowest BCUT2D eigenvalue weighted by Crippen LogP contribution is -2.45. The molecule has 2 N–H and O–H groups in total. The summed E-state index contributed by atoms with van der Waals surface area (Å²) in [5.74, 6) is 0.798. The number of ether oxygens (including phenoxy) is 2. The first-order valence-electron chi connectivity index (χ1n) is 6.71. The van der Waals surface area contributed by atoms with Crippen molar-refractivity contribution in [3.63, 3.8) is 0 Å². The van der Waals surface area contributed by atoms with Gasteiger partial charge in [-0.05, 0) is 13.8 Å². The number of nitrogens with two attached hydrogens (primary N) is 1. The van der Waals surface area contributed by atoms with Crippen LogP contribution in [0.3, 0.4) is 0 Å². The summed E-state index contributed by atoms with van der Waals surface area (Å²) in [4.78, 5) is 2.36. The fourth-order valence-electron chi connectivity index (χ4n) is 2.86. The van der Waals surface area contributed by atoms with Crippen LogP contribution in [0.15, 0.2) is 0 Å². The molecule has 0 aromatic carbocycles. The second kappa shape index (κ2) is 5.90. The van der Waals surface area contributed by atoms with Crippen LogP contribution in [0, 0.1) is 6.92 Å². The van der Waals surface area contributed by atoms with E-state index < -0.39 is 0 Å². The molecule has 0 amide bonds. The Morgan fingerprint density at radius 1 is 1.58 bits per heavy atom. The lowest BCUT2D eigenvalue weighted by Gasteiger charge is -2.36. The van der Waals surface area contributed by atoms with Crippen LogP contribution in [0.25, 0.3) is 0 Å². The molecule has 2 heterocycles. The fourth-order valence-corrected chi connectivity index (χ4v) is 2.86. The monoisotopic (exact) mass is 268 g/mol. The van der Waals surface area contributed by atoms with E-state index >= 15 is 0 Å². The molecule has 0 radical (unpaired) electrons. The Kier molecular flexibility index (Phi) is 4.44. The van der Waals surface area contributed by atoms with Gasteiger partial charge >= 0.3 is 0 Å². The maximum Gasteiger partial charge on any atom is 0.216 e. The summed E-state index contributed by atoms with van der Waals surface area (Å²) in [5, 5.41) is 4.44. The van der Waals surface area contributed by atoms with Crippen LogP contribution < -0.4 is 10.5 Å². The minimum absolute atomic E-state index is 0.134. The van der Waals surface area contributed by atoms with Gasteiger partial charge < -0.3 is 15.2 Å². The second-order valence-corrected chi connectivity index (χ2v) is 5.06. The van der Waals surface area contributed by atoms with Crippen LogP contribution in [0.2, 0.25) is 0 Å². The summed E-state index contributed by atoms with van der Waals surface area (Å²) >= 11 is 0. The van der Waals surface area contributed by atoms with Gasteiger partial charge in [-0.3, -0.25) is 4.90 Å². The topological polar surface area (TPSA) is 65.5 Å². The van der Waals surface area contributed by atoms with Gasteiger partial charge in [-0.25, -0.2) is 4.68 Å². The molecule has 0 saturated carbocycles. The first kappa shape index (κ1) is 14.3. The van der Waals surface area contributed by atoms with Crippen LogP contribution in [0.4, 0.5) is 0 Å². The van der Waals surface area contributed by atoms with Gasteiger partial charge in [0.25, 0.3) is 0 Å². The van der Waals surface area contributed by atoms with Gasteiger partial charge in [-0.1, -0.05) is 0 Å². The SMILES string of the molecule is COc1c(C(CN)N2CCOC(C)C2)c(C)nn1C. The first-order valence-corrected chi connectivity index (χ1v) is 6.71. The third kappa shape index (κ3) is 2.75. The summed E-state index contributed by atoms with van der Waals surface area (Å²) in [6.45, 7) is 7.18. The van der Waals surface area contributed by atoms with Crippen molar-refractivity contribution in [3.8, 4) is 5.88 Å². The third-order valence-corrected chi connectivity index (χ3v) is 3.68. The number of methoxy groups -OCH3 is 1. The molecule has 1 aromatic heterocycles. The quantitative estimate of drug-likeness (QED) is 0.859. The van der Waals surface area contributed by atoms with E-state index in [1.54, 1.807) is 11.8 Å². The summed E-state index contributed by atoms with van der Waals surface area (Å²) in [6, 6.07) is 0.134. The lowest BCUT2D eigenvalue weighted by atomic mass is 10.0. The number of rotatable bonds is 4. The zero-order chi connectivity index (χ0) is 14.0. The van der Waals surface area contributed by atoms with Crippen molar-refractivity contribution in [1.29, 1.82) is 0 Å². The van der Waals surface area contributed by atoms with Crippen molar-refractivity contribution in [3.05, 3.63) is 11.3 Å². The van der Waals surface area contributed by atoms with E-state index in [1.807, 2.05) is 14.0 Å². The first-order chi connectivity index (χ1) is 9.08. The largest absolute Gasteiger partial charge is 0.481 e. The highest BCUT2D eigenvalue weighted by atomic mass is 16.5. The second-order valence-electron chi connectivity index (χ2n) is 5.06. The molecule has 1 aliphatic heterocycles. The molecular weight excluding hydrogens is 244 g/mol. The molecule has 6 heteroatoms. The number of aryl methyl sites for hydroxylation is 2. The Bertz CT molecular complexity index is 433. The molecule has 1 saturated heterocycles. The molecule has 108 valence electrons. The zero-order valence-electron chi connectivity index (χ0n) is 12.2. The van der Waals surface area contributed by atoms with E-state index in [0.717, 1.165) is 36.8 Å². The van der Waals surface area contributed by atoms with E-state index in [4.69, 9.17) is 15.2 Å². The summed E-state index contributed by atoms with van der Waals surface area (Å²) in [6.07, 6.45) is 0.241. The molecular formula is C13H24N4O2. The van der Waals surface area contributed by atoms with Gasteiger partial charge in [-0.2, -0.15) is 5.10 Å². The van der Waals surface area contributed by atoms with Crippen molar-refractivity contribution in [1.82, 2.24) is 14.7 Å². The standard InChI is InChI=1S/C13H24N4O2/c1-9-8-17(5-6-19-9)11(7-14)12-10(2)15-16(3)13(12)18-4/h9,11H,5-8,14H2,1-4H3. The minimum atomic E-state index is 0.134. The molecule has 1 aromatic rings. The molecule has 2 unspecified atom stereocenters. The van der Waals surface area contributed by atoms with Gasteiger partial charge in [-0.15, -0.1) is 0 Å². The van der Waals surface area contributed by atoms with Crippen molar-refractivity contribution < 1.29 is 9.47 Å². The summed E-state index contributed by atoms with van der Waals surface area (Å²) in [5.41, 5.74) is 8.09. The highest BCUT2D eigenvalue weighted by molar-refractivity contribution is 5.34. The highest BCUT2D eigenvalue weighted by Gasteiger charge is 2.30. The smallest absolute Gasteiger partial charge is 0.216 e. The number of morpholine rings is 1. The lowest BCUT2D eigenvalue weighted by molar-refractivity contribution is -0.0336. The van der Waals surface area contributed by atoms with Gasteiger partial charge in [0.05, 0.1) is 37.1 Å². The molecule has 6 nitrogen and oxygen atoms in total. The Hall–Kier alpha value is -1.11. The number of hydrogen-bond acceptors (Lipinski definition) is 5. The fraction of sp³-hybridized carbons (Fsp3) is 0.769. The third-order valence-electron chi connectivity index (χ3n) is 3.68. The molecule has 0 aliphatic carbocycles. The minimum Gasteiger partial charge on any atom is -0.481 e. The Morgan fingerprint density at radius 3 is 2.89 bits per heavy atom. The van der Waals surface area contributed by atoms with Gasteiger partial charge in [0.15, 0.2) is 0 Å². The molecule has 1 fully saturated rings. The van der Waals surface area contributed by atoms with Gasteiger partial charge in [0.2, 0.25) is 5.88 Å². The average molecular weight is 268 g/mol. The van der Waals surface area contributed by atoms with E-state index in [9.17, 15) is 0 Å². The van der Waals surface area contributed by atoms with Crippen molar-refractivity contribution in [2.75, 3.05) is 33.4 Å². The molecule has 0 spiro atoms. The van der Waals surface area contributed by atoms with Crippen LogP contribution in [0.1, 0.15) is 24.2 Å². The molecule has 0 bridgehead atoms. The molecule has 2 atom stereocenters. The van der Waals surface area contributed by atoms with Crippen LogP contribution in [0.5, 0.6) is 5.88 Å². The summed E-state index contributed by atoms with van der Waals surface area (Å²) in [7, 11) is 3.57. The Balaban J connectivity index is 2.31. The van der Waals surface area contributed by atoms with E-state index in [1.165, 1.54) is 0 Å². The van der Waals surface area contributed by atoms with E-state index in [2.05, 4.69) is 16.9 Å². The van der Waals surface area contributed by atoms with Crippen LogP contribution in [-0.4, -0.2) is 54.1 Å². The van der Waals surface area contributed by atoms with Gasteiger partial charge in [0, 0.05) is 26.7 Å². The highest BCUT2D eigenvalue weighted by Crippen LogP contribution is 2.32. The molecule has 2 rings (SSSR count). The van der Waals surface area contributed by atoms with E-state index in [0.29, 0.717) is 6.54 Å². The molecule has 19 heavy (non-hydrogen) atoms. The predicted octanol–water partition coefficient (Wildman–Crippen LogP) is 0.458. The van der Waals surface area contributed by atoms with Crippen LogP contribution >= 0.6 is 0 Å². The van der Waals surface area contributed by atoms with Crippen molar-refractivity contribution >= 4 is 0 Å². The van der Waals surface area contributed by atoms with Crippen LogP contribution in [-0.2, 0) is 11.8 Å². The number of nitrogens with zero attached hydrogens (tertiary/aromatic N) is 3. The predicted molar refractivity (Wildman–Crippen MR) is 73.3 cm³/mol. The Morgan fingerprint density at radius 2 is 2.32 bits per heavy atom. The Labute approximate surface area is 114 Å². The van der Waals surface area contributed by atoms with Crippen molar-refractivity contribution in [2.45, 2.75) is 26.0 Å². The maximum atomic E-state index is 6.01. The zero-order valence-corrected chi connectivity index (χ0v) is 12.2. The molecule has 1 aliphatic rings. The number of aromatic nitrogens is 2. The maximum absolute atomic E-state index is 6.01. The van der Waals surface area contributed by atoms with E-state index in [-0.39, 0.29) is 12.1 Å². The van der Waals surface area contributed by atoms with Gasteiger partial charge in [0.1, 0.15) is 0 Å². The number of hydrogen-bond donors (Lipinski definition) is 1. The van der Waals surface area contributed by atoms with Crippen molar-refractivity contribution in [2.24, 2.45) is 12.8 Å².